The van der Waals surface area contributed by atoms with E-state index in [2.05, 4.69) is 26.2 Å². The molecule has 0 saturated carbocycles. The molecule has 0 fully saturated rings. The molecule has 20 heavy (non-hydrogen) atoms. The summed E-state index contributed by atoms with van der Waals surface area (Å²) >= 11 is 3.00. The maximum absolute atomic E-state index is 12.8. The van der Waals surface area contributed by atoms with Crippen LogP contribution in [-0.4, -0.2) is 26.2 Å². The second-order valence-corrected chi connectivity index (χ2v) is 4.44. The highest BCUT2D eigenvalue weighted by Crippen LogP contribution is 2.37. The summed E-state index contributed by atoms with van der Waals surface area (Å²) in [4.78, 5) is 3.64. The molecule has 1 aromatic rings. The smallest absolute Gasteiger partial charge is 0.420 e. The van der Waals surface area contributed by atoms with Crippen LogP contribution in [0.3, 0.4) is 0 Å². The summed E-state index contributed by atoms with van der Waals surface area (Å²) < 4.78 is 43.7. The second-order valence-electron chi connectivity index (χ2n) is 3.52. The summed E-state index contributed by atoms with van der Waals surface area (Å²) in [5.41, 5.74) is 4.55. The minimum atomic E-state index is -4.46. The summed E-state index contributed by atoms with van der Waals surface area (Å²) in [6.07, 6.45) is -4.46. The molecule has 0 heterocycles. The number of aliphatic imine (C=N–C) groups is 1. The Morgan fingerprint density at radius 3 is 2.65 bits per heavy atom. The third kappa shape index (κ3) is 6.16. The molecule has 1 rings (SSSR count). The Morgan fingerprint density at radius 1 is 1.45 bits per heavy atom. The van der Waals surface area contributed by atoms with Gasteiger partial charge in [-0.1, -0.05) is 15.9 Å². The van der Waals surface area contributed by atoms with E-state index in [0.29, 0.717) is 4.47 Å². The molecule has 0 amide bonds. The number of rotatable bonds is 4. The van der Waals surface area contributed by atoms with Crippen LogP contribution in [0.4, 0.5) is 13.2 Å². The van der Waals surface area contributed by atoms with Crippen molar-refractivity contribution in [1.82, 2.24) is 5.32 Å². The summed E-state index contributed by atoms with van der Waals surface area (Å²) in [6, 6.07) is 3.73. The molecule has 0 aliphatic heterocycles. The molecule has 0 spiro atoms. The van der Waals surface area contributed by atoms with E-state index in [0.717, 1.165) is 6.07 Å². The van der Waals surface area contributed by atoms with Gasteiger partial charge in [0, 0.05) is 11.5 Å². The molecule has 0 aliphatic rings. The highest BCUT2D eigenvalue weighted by atomic mass is 127. The van der Waals surface area contributed by atoms with Gasteiger partial charge < -0.3 is 15.8 Å². The van der Waals surface area contributed by atoms with Crippen LogP contribution < -0.4 is 15.8 Å². The van der Waals surface area contributed by atoms with Gasteiger partial charge in [0.2, 0.25) is 0 Å². The normalized spacial score (nSPS) is 11.8. The van der Waals surface area contributed by atoms with Crippen molar-refractivity contribution in [2.75, 3.05) is 20.2 Å². The Kier molecular flexibility index (Phi) is 8.25. The number of ether oxygens (including phenoxy) is 1. The number of alkyl halides is 3. The number of nitrogens with two attached hydrogens (primary N) is 1. The van der Waals surface area contributed by atoms with Crippen LogP contribution in [0, 0.1) is 0 Å². The minimum Gasteiger partial charge on any atom is -0.491 e. The number of guanidine groups is 1. The van der Waals surface area contributed by atoms with Gasteiger partial charge in [0.05, 0.1) is 12.1 Å². The number of nitrogens with one attached hydrogen (secondary N) is 1. The Balaban J connectivity index is 0.00000361. The Morgan fingerprint density at radius 2 is 2.10 bits per heavy atom. The van der Waals surface area contributed by atoms with Gasteiger partial charge in [0.15, 0.2) is 5.96 Å². The van der Waals surface area contributed by atoms with Gasteiger partial charge >= 0.3 is 6.18 Å². The molecular formula is C11H14BrF3IN3O. The van der Waals surface area contributed by atoms with E-state index in [4.69, 9.17) is 10.5 Å². The molecule has 114 valence electrons. The number of nitrogens with zero attached hydrogens (tertiary/aromatic N) is 1. The fourth-order valence-electron chi connectivity index (χ4n) is 1.27. The lowest BCUT2D eigenvalue weighted by atomic mass is 10.2. The predicted molar refractivity (Wildman–Crippen MR) is 85.6 cm³/mol. The molecule has 0 bridgehead atoms. The second kappa shape index (κ2) is 8.55. The third-order valence-electron chi connectivity index (χ3n) is 2.15. The van der Waals surface area contributed by atoms with Crippen LogP contribution in [-0.2, 0) is 6.18 Å². The fourth-order valence-corrected chi connectivity index (χ4v) is 1.63. The maximum Gasteiger partial charge on any atom is 0.420 e. The number of halogens is 5. The van der Waals surface area contributed by atoms with Crippen molar-refractivity contribution in [1.29, 1.82) is 0 Å². The summed E-state index contributed by atoms with van der Waals surface area (Å²) in [5, 5.41) is 2.68. The average molecular weight is 468 g/mol. The third-order valence-corrected chi connectivity index (χ3v) is 2.65. The number of hydrogen-bond acceptors (Lipinski definition) is 2. The first kappa shape index (κ1) is 19.3. The van der Waals surface area contributed by atoms with Gasteiger partial charge in [-0.25, -0.2) is 0 Å². The average Bonchev–Trinajstić information content (AvgIpc) is 2.34. The summed E-state index contributed by atoms with van der Waals surface area (Å²) in [5.74, 6) is -0.0139. The van der Waals surface area contributed by atoms with Crippen LogP contribution in [0.2, 0.25) is 0 Å². The van der Waals surface area contributed by atoms with Crippen molar-refractivity contribution in [2.45, 2.75) is 6.18 Å². The van der Waals surface area contributed by atoms with Crippen LogP contribution in [0.25, 0.3) is 0 Å². The molecule has 0 atom stereocenters. The Labute approximate surface area is 140 Å². The van der Waals surface area contributed by atoms with E-state index in [9.17, 15) is 13.2 Å². The highest BCUT2D eigenvalue weighted by Gasteiger charge is 2.34. The first-order chi connectivity index (χ1) is 8.84. The zero-order valence-corrected chi connectivity index (χ0v) is 14.4. The van der Waals surface area contributed by atoms with Crippen LogP contribution >= 0.6 is 39.9 Å². The standard InChI is InChI=1S/C11H13BrF3N3O.HI/c1-17-10(16)18-4-5-19-9-3-2-7(12)6-8(9)11(13,14)15;/h2-3,6H,4-5H2,1H3,(H3,16,17,18);1H. The van der Waals surface area contributed by atoms with E-state index in [1.54, 1.807) is 0 Å². The first-order valence-electron chi connectivity index (χ1n) is 5.30. The highest BCUT2D eigenvalue weighted by molar-refractivity contribution is 14.0. The van der Waals surface area contributed by atoms with Gasteiger partial charge in [-0.3, -0.25) is 4.99 Å². The molecule has 0 aliphatic carbocycles. The molecule has 3 N–H and O–H groups in total. The quantitative estimate of drug-likeness (QED) is 0.310. The molecule has 9 heteroatoms. The topological polar surface area (TPSA) is 59.6 Å². The zero-order chi connectivity index (χ0) is 14.5. The van der Waals surface area contributed by atoms with Gasteiger partial charge in [-0.2, -0.15) is 13.2 Å². The van der Waals surface area contributed by atoms with E-state index in [1.165, 1.54) is 19.2 Å². The van der Waals surface area contributed by atoms with Crippen molar-refractivity contribution < 1.29 is 17.9 Å². The van der Waals surface area contributed by atoms with Crippen molar-refractivity contribution in [3.8, 4) is 5.75 Å². The van der Waals surface area contributed by atoms with Gasteiger partial charge in [-0.05, 0) is 18.2 Å². The van der Waals surface area contributed by atoms with Crippen LogP contribution in [0.1, 0.15) is 5.56 Å². The molecule has 0 saturated heterocycles. The van der Waals surface area contributed by atoms with Crippen molar-refractivity contribution in [3.05, 3.63) is 28.2 Å². The van der Waals surface area contributed by atoms with Crippen molar-refractivity contribution in [3.63, 3.8) is 0 Å². The fraction of sp³-hybridized carbons (Fsp3) is 0.364. The predicted octanol–water partition coefficient (Wildman–Crippen LogP) is 3.00. The van der Waals surface area contributed by atoms with Crippen molar-refractivity contribution >= 4 is 45.9 Å². The van der Waals surface area contributed by atoms with E-state index in [1.807, 2.05) is 0 Å². The largest absolute Gasteiger partial charge is 0.491 e. The lowest BCUT2D eigenvalue weighted by Crippen LogP contribution is -2.34. The van der Waals surface area contributed by atoms with Gasteiger partial charge in [0.25, 0.3) is 0 Å². The molecule has 0 radical (unpaired) electrons. The molecule has 0 unspecified atom stereocenters. The van der Waals surface area contributed by atoms with Crippen molar-refractivity contribution in [2.24, 2.45) is 10.7 Å². The number of hydrogen-bond donors (Lipinski definition) is 2. The maximum atomic E-state index is 12.8. The lowest BCUT2D eigenvalue weighted by molar-refractivity contribution is -0.139. The first-order valence-corrected chi connectivity index (χ1v) is 6.09. The molecule has 1 aromatic carbocycles. The van der Waals surface area contributed by atoms with E-state index in [-0.39, 0.29) is 48.8 Å². The lowest BCUT2D eigenvalue weighted by Gasteiger charge is -2.14. The minimum absolute atomic E-state index is 0. The van der Waals surface area contributed by atoms with Crippen LogP contribution in [0.5, 0.6) is 5.75 Å². The Hall–Kier alpha value is -0.710. The van der Waals surface area contributed by atoms with Gasteiger partial charge in [-0.15, -0.1) is 24.0 Å². The SMILES string of the molecule is CN=C(N)NCCOc1ccc(Br)cc1C(F)(F)F.I. The van der Waals surface area contributed by atoms with Crippen LogP contribution in [0.15, 0.2) is 27.7 Å². The monoisotopic (exact) mass is 467 g/mol. The van der Waals surface area contributed by atoms with Gasteiger partial charge in [0.1, 0.15) is 12.4 Å². The summed E-state index contributed by atoms with van der Waals surface area (Å²) in [7, 11) is 1.50. The van der Waals surface area contributed by atoms with E-state index < -0.39 is 11.7 Å². The molecular weight excluding hydrogens is 454 g/mol. The number of benzene rings is 1. The molecule has 0 aromatic heterocycles. The Bertz CT molecular complexity index is 469. The molecule has 4 nitrogen and oxygen atoms in total. The zero-order valence-electron chi connectivity index (χ0n) is 10.5. The van der Waals surface area contributed by atoms with E-state index >= 15 is 0 Å². The summed E-state index contributed by atoms with van der Waals surface area (Å²) in [6.45, 7) is 0.303.